The normalized spacial score (nSPS) is 11.2. The first-order chi connectivity index (χ1) is 33.8. The third-order valence-corrected chi connectivity index (χ3v) is 11.1. The number of hydrogen-bond acceptors (Lipinski definition) is 20. The van der Waals surface area contributed by atoms with Crippen LogP contribution in [0.5, 0.6) is 0 Å². The second-order valence-electron chi connectivity index (χ2n) is 14.8. The van der Waals surface area contributed by atoms with E-state index in [1.807, 2.05) is 68.1 Å². The highest BCUT2D eigenvalue weighted by Crippen LogP contribution is 2.53. The Balaban J connectivity index is 1.28. The lowest BCUT2D eigenvalue weighted by atomic mass is 9.89. The summed E-state index contributed by atoms with van der Waals surface area (Å²) in [6, 6.07) is 27.4. The highest BCUT2D eigenvalue weighted by molar-refractivity contribution is 6.32. The number of nitrogens with zero attached hydrogens (tertiary/aromatic N) is 20. The predicted molar refractivity (Wildman–Crippen MR) is 254 cm³/mol. The van der Waals surface area contributed by atoms with Crippen molar-refractivity contribution in [2.24, 2.45) is 0 Å². The maximum Gasteiger partial charge on any atom is 0.142 e. The highest BCUT2D eigenvalue weighted by Gasteiger charge is 2.30. The van der Waals surface area contributed by atoms with E-state index in [9.17, 15) is 0 Å². The van der Waals surface area contributed by atoms with Gasteiger partial charge in [0.05, 0.1) is 22.7 Å². The average Bonchev–Trinajstić information content (AvgIpc) is 3.42. The topological polar surface area (TPSA) is 219 Å². The van der Waals surface area contributed by atoms with Crippen LogP contribution in [0.1, 0.15) is 0 Å². The van der Waals surface area contributed by atoms with Crippen LogP contribution >= 0.6 is 0 Å². The second kappa shape index (κ2) is 17.0. The second-order valence-corrected chi connectivity index (χ2v) is 14.8. The van der Waals surface area contributed by atoms with Gasteiger partial charge in [-0.3, -0.25) is 19.6 Å². The van der Waals surface area contributed by atoms with E-state index < -0.39 is 0 Å². The van der Waals surface area contributed by atoms with Crippen molar-refractivity contribution in [2.45, 2.75) is 0 Å². The van der Waals surface area contributed by atoms with E-state index in [2.05, 4.69) is 76.3 Å². The maximum atomic E-state index is 4.78. The van der Waals surface area contributed by atoms with Gasteiger partial charge in [-0.15, -0.1) is 0 Å². The van der Waals surface area contributed by atoms with Crippen molar-refractivity contribution in [1.82, 2.24) is 79.7 Å². The molecule has 0 atom stereocenters. The van der Waals surface area contributed by atoms with Gasteiger partial charge in [-0.25, -0.2) is 79.7 Å². The van der Waals surface area contributed by atoms with Gasteiger partial charge in [0.2, 0.25) is 0 Å². The summed E-state index contributed by atoms with van der Waals surface area (Å²) in [4.78, 5) is 80.3. The fourth-order valence-corrected chi connectivity index (χ4v) is 8.44. The van der Waals surface area contributed by atoms with Gasteiger partial charge in [-0.1, -0.05) is 24.3 Å². The van der Waals surface area contributed by atoms with Crippen LogP contribution in [0.4, 0.5) is 69.3 Å². The highest BCUT2D eigenvalue weighted by atomic mass is 15.3. The predicted octanol–water partition coefficient (Wildman–Crippen LogP) is 8.78. The SMILES string of the molecule is c1cc(N(c2ccncn2)c2cc(N(c3ccncn3)c3ccncn3)c3ccc4c(N(c5ccncn5)c5ccncn5)cc(N(c5ccncn5)c5ccncn5)c5ccc2c3c54)ncn1. The van der Waals surface area contributed by atoms with Gasteiger partial charge in [0, 0.05) is 81.9 Å². The summed E-state index contributed by atoms with van der Waals surface area (Å²) < 4.78 is 0. The Hall–Kier alpha value is -10.2. The molecule has 0 aliphatic carbocycles. The Morgan fingerprint density at radius 3 is 0.544 bits per heavy atom. The number of anilines is 12. The third-order valence-electron chi connectivity index (χ3n) is 11.1. The third kappa shape index (κ3) is 6.89. The molecular weight excluding hydrogens is 857 g/mol. The Labute approximate surface area is 384 Å². The first-order valence-corrected chi connectivity index (χ1v) is 20.9. The summed E-state index contributed by atoms with van der Waals surface area (Å²) in [5, 5.41) is 5.20. The molecule has 0 spiro atoms. The minimum absolute atomic E-state index is 0.564. The zero-order valence-corrected chi connectivity index (χ0v) is 35.3. The fraction of sp³-hybridized carbons (Fsp3) is 0. The van der Waals surface area contributed by atoms with Crippen molar-refractivity contribution in [3.63, 3.8) is 0 Å². The molecule has 0 fully saturated rings. The molecule has 0 saturated carbocycles. The molecule has 68 heavy (non-hydrogen) atoms. The number of rotatable bonds is 12. The Kier molecular flexibility index (Phi) is 9.86. The van der Waals surface area contributed by atoms with Gasteiger partial charge in [-0.05, 0) is 60.7 Å². The summed E-state index contributed by atoms with van der Waals surface area (Å²) in [5.74, 6) is 4.51. The van der Waals surface area contributed by atoms with E-state index in [4.69, 9.17) is 39.9 Å². The molecule has 0 radical (unpaired) electrons. The summed E-state index contributed by atoms with van der Waals surface area (Å²) in [6.07, 6.45) is 25.7. The molecule has 12 aromatic rings. The molecule has 0 aliphatic rings. The van der Waals surface area contributed by atoms with E-state index in [1.165, 1.54) is 50.6 Å². The zero-order valence-electron chi connectivity index (χ0n) is 35.3. The van der Waals surface area contributed by atoms with Crippen LogP contribution in [0.2, 0.25) is 0 Å². The van der Waals surface area contributed by atoms with E-state index in [0.29, 0.717) is 46.5 Å². The molecule has 20 nitrogen and oxygen atoms in total. The van der Waals surface area contributed by atoms with E-state index in [0.717, 1.165) is 55.1 Å². The van der Waals surface area contributed by atoms with Crippen molar-refractivity contribution in [3.05, 3.63) is 185 Å². The molecule has 20 heteroatoms. The Bertz CT molecular complexity index is 3000. The number of hydrogen-bond donors (Lipinski definition) is 0. The van der Waals surface area contributed by atoms with Crippen molar-refractivity contribution in [1.29, 1.82) is 0 Å². The van der Waals surface area contributed by atoms with Crippen molar-refractivity contribution < 1.29 is 0 Å². The summed E-state index contributed by atoms with van der Waals surface area (Å²) in [7, 11) is 0. The minimum Gasteiger partial charge on any atom is -0.278 e. The van der Waals surface area contributed by atoms with Crippen LogP contribution in [-0.4, -0.2) is 79.7 Å². The van der Waals surface area contributed by atoms with Gasteiger partial charge in [-0.2, -0.15) is 0 Å². The van der Waals surface area contributed by atoms with Crippen LogP contribution in [0, 0.1) is 0 Å². The molecule has 0 aliphatic heterocycles. The Morgan fingerprint density at radius 2 is 0.397 bits per heavy atom. The van der Waals surface area contributed by atoms with Crippen LogP contribution < -0.4 is 19.6 Å². The fourth-order valence-electron chi connectivity index (χ4n) is 8.44. The molecular formula is C48H30N20. The first kappa shape index (κ1) is 39.4. The zero-order chi connectivity index (χ0) is 45.2. The van der Waals surface area contributed by atoms with Gasteiger partial charge < -0.3 is 0 Å². The molecule has 0 amide bonds. The maximum absolute atomic E-state index is 4.78. The van der Waals surface area contributed by atoms with Crippen molar-refractivity contribution >= 4 is 102 Å². The Morgan fingerprint density at radius 1 is 0.221 bits per heavy atom. The lowest BCUT2D eigenvalue weighted by Gasteiger charge is -2.32. The number of aromatic nitrogens is 16. The van der Waals surface area contributed by atoms with Crippen LogP contribution in [0.15, 0.2) is 185 Å². The van der Waals surface area contributed by atoms with Crippen LogP contribution in [-0.2, 0) is 0 Å². The monoisotopic (exact) mass is 886 g/mol. The smallest absolute Gasteiger partial charge is 0.142 e. The summed E-state index contributed by atoms with van der Waals surface area (Å²) in [6.45, 7) is 0. The van der Waals surface area contributed by atoms with Crippen LogP contribution in [0.25, 0.3) is 32.3 Å². The van der Waals surface area contributed by atoms with Gasteiger partial charge >= 0.3 is 0 Å². The lowest BCUT2D eigenvalue weighted by Crippen LogP contribution is -2.18. The van der Waals surface area contributed by atoms with E-state index in [1.54, 1.807) is 49.6 Å². The first-order valence-electron chi connectivity index (χ1n) is 20.9. The molecule has 8 aromatic heterocycles. The van der Waals surface area contributed by atoms with Crippen LogP contribution in [0.3, 0.4) is 0 Å². The summed E-state index contributed by atoms with van der Waals surface area (Å²) in [5.41, 5.74) is 2.91. The van der Waals surface area contributed by atoms with Gasteiger partial charge in [0.15, 0.2) is 0 Å². The number of benzene rings is 4. The van der Waals surface area contributed by atoms with Gasteiger partial charge in [0.25, 0.3) is 0 Å². The molecule has 8 heterocycles. The van der Waals surface area contributed by atoms with E-state index in [-0.39, 0.29) is 0 Å². The average molecular weight is 887 g/mol. The molecule has 0 unspecified atom stereocenters. The van der Waals surface area contributed by atoms with E-state index >= 15 is 0 Å². The molecule has 12 rings (SSSR count). The largest absolute Gasteiger partial charge is 0.278 e. The quantitative estimate of drug-likeness (QED) is 0.105. The molecule has 0 bridgehead atoms. The molecule has 0 N–H and O–H groups in total. The van der Waals surface area contributed by atoms with Crippen molar-refractivity contribution in [2.75, 3.05) is 19.6 Å². The molecule has 322 valence electrons. The lowest BCUT2D eigenvalue weighted by molar-refractivity contribution is 1.05. The molecule has 4 aromatic carbocycles. The van der Waals surface area contributed by atoms with Crippen molar-refractivity contribution in [3.8, 4) is 0 Å². The summed E-state index contributed by atoms with van der Waals surface area (Å²) >= 11 is 0. The standard InChI is InChI=1S/C48H30N20/c1-2-32-36(66(41-7-15-51-25-59-41)42-8-16-52-26-60-42)22-38(68(45-11-19-55-29-63-45)46-12-20-56-30-64-46)34-4-3-33-37(67(43-9-17-53-27-61-43)44-10-18-54-28-62-44)21-35(31(1)47(33)48(32)34)65(39-5-13-49-23-57-39)40-6-14-50-24-58-40/h1-30H. The molecule has 0 saturated heterocycles. The van der Waals surface area contributed by atoms with Gasteiger partial charge in [0.1, 0.15) is 97.2 Å². The minimum atomic E-state index is 0.564.